The molecule has 1 saturated heterocycles. The summed E-state index contributed by atoms with van der Waals surface area (Å²) in [5, 5.41) is 4.27. The van der Waals surface area contributed by atoms with Gasteiger partial charge in [-0.3, -0.25) is 9.48 Å². The van der Waals surface area contributed by atoms with Gasteiger partial charge in [0.15, 0.2) is 0 Å². The van der Waals surface area contributed by atoms with Crippen molar-refractivity contribution < 1.29 is 4.79 Å². The fourth-order valence-electron chi connectivity index (χ4n) is 4.08. The number of rotatable bonds is 2. The summed E-state index contributed by atoms with van der Waals surface area (Å²) in [7, 11) is 1.99. The van der Waals surface area contributed by atoms with Crippen LogP contribution in [0.25, 0.3) is 5.57 Å². The molecule has 0 saturated carbocycles. The summed E-state index contributed by atoms with van der Waals surface area (Å²) >= 11 is 0. The van der Waals surface area contributed by atoms with Gasteiger partial charge in [-0.25, -0.2) is 0 Å². The minimum atomic E-state index is 0.194. The zero-order valence-corrected chi connectivity index (χ0v) is 12.4. The zero-order valence-electron chi connectivity index (χ0n) is 12.4. The van der Waals surface area contributed by atoms with Crippen LogP contribution in [-0.2, 0) is 11.8 Å². The molecule has 3 aliphatic rings. The first kappa shape index (κ1) is 12.9. The molecular weight excluding hydrogens is 262 g/mol. The molecule has 0 aromatic carbocycles. The van der Waals surface area contributed by atoms with Gasteiger partial charge in [0.1, 0.15) is 0 Å². The average molecular weight is 283 g/mol. The number of aryl methyl sites for hydroxylation is 1. The topological polar surface area (TPSA) is 38.1 Å². The van der Waals surface area contributed by atoms with Crippen LogP contribution in [0.15, 0.2) is 30.5 Å². The third-order valence-electron chi connectivity index (χ3n) is 5.16. The first-order chi connectivity index (χ1) is 10.2. The Kier molecular flexibility index (Phi) is 2.98. The summed E-state index contributed by atoms with van der Waals surface area (Å²) in [6, 6.07) is 2.75. The SMILES string of the molecule is Cn1nccc1C1=C[C@H]2CC[C@@H](C1)N2C(=O)C1CC=CC1. The largest absolute Gasteiger partial charge is 0.333 e. The number of carbonyl (C=O) groups excluding carboxylic acids is 1. The molecule has 110 valence electrons. The summed E-state index contributed by atoms with van der Waals surface area (Å²) in [5.74, 6) is 0.563. The quantitative estimate of drug-likeness (QED) is 0.782. The number of fused-ring (bicyclic) bond motifs is 2. The maximum atomic E-state index is 12.8. The summed E-state index contributed by atoms with van der Waals surface area (Å²) < 4.78 is 1.93. The lowest BCUT2D eigenvalue weighted by Gasteiger charge is -2.35. The standard InChI is InChI=1S/C17H21N3O/c1-19-16(8-9-18-19)13-10-14-6-7-15(11-13)20(14)17(21)12-4-2-3-5-12/h2-3,8-10,12,14-15H,4-7,11H2,1H3/t14-,15+/m1/s1. The molecule has 1 aliphatic carbocycles. The molecule has 4 rings (SSSR count). The molecule has 1 amide bonds. The molecule has 1 fully saturated rings. The molecule has 21 heavy (non-hydrogen) atoms. The van der Waals surface area contributed by atoms with E-state index in [-0.39, 0.29) is 5.92 Å². The van der Waals surface area contributed by atoms with Crippen molar-refractivity contribution in [2.45, 2.75) is 44.2 Å². The van der Waals surface area contributed by atoms with Gasteiger partial charge in [0.2, 0.25) is 5.91 Å². The molecule has 0 spiro atoms. The fraction of sp³-hybridized carbons (Fsp3) is 0.529. The Morgan fingerprint density at radius 1 is 1.29 bits per heavy atom. The number of nitrogens with zero attached hydrogens (tertiary/aromatic N) is 3. The molecule has 4 heteroatoms. The highest BCUT2D eigenvalue weighted by Crippen LogP contribution is 2.40. The highest BCUT2D eigenvalue weighted by Gasteiger charge is 2.42. The number of hydrogen-bond donors (Lipinski definition) is 0. The van der Waals surface area contributed by atoms with E-state index in [0.717, 1.165) is 32.1 Å². The van der Waals surface area contributed by atoms with Crippen LogP contribution in [0.4, 0.5) is 0 Å². The van der Waals surface area contributed by atoms with Crippen molar-refractivity contribution >= 4 is 11.5 Å². The summed E-state index contributed by atoms with van der Waals surface area (Å²) in [5.41, 5.74) is 2.55. The Labute approximate surface area is 125 Å². The Morgan fingerprint density at radius 3 is 2.76 bits per heavy atom. The number of aromatic nitrogens is 2. The van der Waals surface area contributed by atoms with Crippen LogP contribution in [0.3, 0.4) is 0 Å². The van der Waals surface area contributed by atoms with Crippen molar-refractivity contribution in [3.05, 3.63) is 36.2 Å². The van der Waals surface area contributed by atoms with Crippen LogP contribution < -0.4 is 0 Å². The highest BCUT2D eigenvalue weighted by molar-refractivity contribution is 5.82. The zero-order chi connectivity index (χ0) is 14.4. The Morgan fingerprint density at radius 2 is 2.10 bits per heavy atom. The summed E-state index contributed by atoms with van der Waals surface area (Å²) in [6.45, 7) is 0. The number of hydrogen-bond acceptors (Lipinski definition) is 2. The first-order valence-electron chi connectivity index (χ1n) is 7.90. The summed E-state index contributed by atoms with van der Waals surface area (Å²) in [4.78, 5) is 14.9. The second-order valence-corrected chi connectivity index (χ2v) is 6.42. The molecule has 0 radical (unpaired) electrons. The lowest BCUT2D eigenvalue weighted by Crippen LogP contribution is -2.45. The number of carbonyl (C=O) groups is 1. The Balaban J connectivity index is 1.59. The van der Waals surface area contributed by atoms with Gasteiger partial charge >= 0.3 is 0 Å². The molecule has 2 bridgehead atoms. The van der Waals surface area contributed by atoms with Gasteiger partial charge in [-0.2, -0.15) is 5.10 Å². The van der Waals surface area contributed by atoms with Crippen LogP contribution >= 0.6 is 0 Å². The molecule has 2 aliphatic heterocycles. The first-order valence-corrected chi connectivity index (χ1v) is 7.90. The third kappa shape index (κ3) is 2.04. The molecular formula is C17H21N3O. The van der Waals surface area contributed by atoms with Crippen molar-refractivity contribution in [3.63, 3.8) is 0 Å². The van der Waals surface area contributed by atoms with E-state index in [0.29, 0.717) is 18.0 Å². The van der Waals surface area contributed by atoms with Crippen molar-refractivity contribution in [3.8, 4) is 0 Å². The van der Waals surface area contributed by atoms with Gasteiger partial charge in [0, 0.05) is 25.2 Å². The molecule has 0 N–H and O–H groups in total. The van der Waals surface area contributed by atoms with Crippen LogP contribution in [0.2, 0.25) is 0 Å². The monoisotopic (exact) mass is 283 g/mol. The van der Waals surface area contributed by atoms with Gasteiger partial charge < -0.3 is 4.90 Å². The average Bonchev–Trinajstić information content (AvgIpc) is 3.19. The van der Waals surface area contributed by atoms with Gasteiger partial charge in [0.05, 0.1) is 11.7 Å². The normalized spacial score (nSPS) is 28.2. The molecule has 4 nitrogen and oxygen atoms in total. The van der Waals surface area contributed by atoms with E-state index in [1.54, 1.807) is 0 Å². The van der Waals surface area contributed by atoms with Crippen molar-refractivity contribution in [2.24, 2.45) is 13.0 Å². The van der Waals surface area contributed by atoms with Gasteiger partial charge in [-0.05, 0) is 43.7 Å². The second kappa shape index (κ2) is 4.86. The Bertz CT molecular complexity index is 620. The van der Waals surface area contributed by atoms with Gasteiger partial charge in [-0.15, -0.1) is 0 Å². The Hall–Kier alpha value is -1.84. The van der Waals surface area contributed by atoms with E-state index in [9.17, 15) is 4.79 Å². The lowest BCUT2D eigenvalue weighted by molar-refractivity contribution is -0.137. The van der Waals surface area contributed by atoms with Crippen LogP contribution in [-0.4, -0.2) is 32.7 Å². The van der Waals surface area contributed by atoms with E-state index in [2.05, 4.69) is 34.3 Å². The van der Waals surface area contributed by atoms with E-state index >= 15 is 0 Å². The molecule has 0 unspecified atom stereocenters. The lowest BCUT2D eigenvalue weighted by atomic mass is 9.96. The second-order valence-electron chi connectivity index (χ2n) is 6.42. The van der Waals surface area contributed by atoms with Crippen molar-refractivity contribution in [2.75, 3.05) is 0 Å². The third-order valence-corrected chi connectivity index (χ3v) is 5.16. The predicted molar refractivity (Wildman–Crippen MR) is 81.3 cm³/mol. The van der Waals surface area contributed by atoms with E-state index in [1.165, 1.54) is 11.3 Å². The maximum Gasteiger partial charge on any atom is 0.227 e. The highest BCUT2D eigenvalue weighted by atomic mass is 16.2. The molecule has 1 aromatic heterocycles. The minimum Gasteiger partial charge on any atom is -0.333 e. The van der Waals surface area contributed by atoms with Crippen LogP contribution in [0, 0.1) is 5.92 Å². The molecule has 3 heterocycles. The van der Waals surface area contributed by atoms with Gasteiger partial charge in [0.25, 0.3) is 0 Å². The number of allylic oxidation sites excluding steroid dienone is 2. The van der Waals surface area contributed by atoms with Crippen molar-refractivity contribution in [1.29, 1.82) is 0 Å². The number of amides is 1. The maximum absolute atomic E-state index is 12.8. The van der Waals surface area contributed by atoms with Crippen LogP contribution in [0.1, 0.15) is 37.8 Å². The molecule has 2 atom stereocenters. The minimum absolute atomic E-state index is 0.194. The van der Waals surface area contributed by atoms with Crippen LogP contribution in [0.5, 0.6) is 0 Å². The smallest absolute Gasteiger partial charge is 0.227 e. The fourth-order valence-corrected chi connectivity index (χ4v) is 4.08. The van der Waals surface area contributed by atoms with E-state index in [4.69, 9.17) is 0 Å². The molecule has 1 aromatic rings. The van der Waals surface area contributed by atoms with E-state index < -0.39 is 0 Å². The van der Waals surface area contributed by atoms with Gasteiger partial charge in [-0.1, -0.05) is 18.2 Å². The summed E-state index contributed by atoms with van der Waals surface area (Å²) in [6.07, 6.45) is 13.5. The van der Waals surface area contributed by atoms with Crippen molar-refractivity contribution in [1.82, 2.24) is 14.7 Å². The van der Waals surface area contributed by atoms with E-state index in [1.807, 2.05) is 17.9 Å². The predicted octanol–water partition coefficient (Wildman–Crippen LogP) is 2.53.